The highest BCUT2D eigenvalue weighted by Gasteiger charge is 2.22. The second-order valence-corrected chi connectivity index (χ2v) is 8.86. The molecule has 0 bridgehead atoms. The number of carboxylic acids is 1. The van der Waals surface area contributed by atoms with Crippen LogP contribution in [0.5, 0.6) is 5.75 Å². The van der Waals surface area contributed by atoms with Gasteiger partial charge in [-0.2, -0.15) is 0 Å². The number of aryl methyl sites for hydroxylation is 1. The summed E-state index contributed by atoms with van der Waals surface area (Å²) in [5.41, 5.74) is 4.15. The molecule has 1 aromatic heterocycles. The summed E-state index contributed by atoms with van der Waals surface area (Å²) in [6, 6.07) is 15.3. The number of aliphatic carboxylic acids is 1. The second kappa shape index (κ2) is 11.7. The number of nitrogens with one attached hydrogen (secondary N) is 1. The Morgan fingerprint density at radius 1 is 1.11 bits per heavy atom. The average molecular weight is 478 g/mol. The van der Waals surface area contributed by atoms with Crippen molar-refractivity contribution in [2.75, 3.05) is 19.7 Å². The van der Waals surface area contributed by atoms with Crippen molar-refractivity contribution in [1.82, 2.24) is 15.4 Å². The third kappa shape index (κ3) is 6.70. The van der Waals surface area contributed by atoms with E-state index in [1.54, 1.807) is 6.07 Å². The van der Waals surface area contributed by atoms with Crippen LogP contribution in [0, 0.1) is 6.92 Å². The second-order valence-electron chi connectivity index (χ2n) is 8.86. The van der Waals surface area contributed by atoms with Crippen LogP contribution >= 0.6 is 0 Å². The number of amides is 1. The van der Waals surface area contributed by atoms with E-state index in [-0.39, 0.29) is 18.9 Å². The van der Waals surface area contributed by atoms with E-state index in [1.165, 1.54) is 0 Å². The molecule has 2 N–H and O–H groups in total. The Hall–Kier alpha value is -3.65. The Labute approximate surface area is 204 Å². The van der Waals surface area contributed by atoms with Crippen molar-refractivity contribution in [2.45, 2.75) is 45.7 Å². The molecular weight excluding hydrogens is 446 g/mol. The highest BCUT2D eigenvalue weighted by Crippen LogP contribution is 2.29. The van der Waals surface area contributed by atoms with E-state index in [0.717, 1.165) is 41.6 Å². The van der Waals surface area contributed by atoms with Crippen molar-refractivity contribution < 1.29 is 24.0 Å². The van der Waals surface area contributed by atoms with Gasteiger partial charge in [0.2, 0.25) is 5.91 Å². The largest absolute Gasteiger partial charge is 0.493 e. The number of ether oxygens (including phenoxy) is 1. The van der Waals surface area contributed by atoms with E-state index in [0.29, 0.717) is 43.3 Å². The van der Waals surface area contributed by atoms with Crippen LogP contribution in [-0.2, 0) is 29.1 Å². The SMILES string of the molecule is Cc1noc(-c2ccccc2)c1CN1CC(=O)NCCCCCOc2ccc(CC(=O)O)cc2C1. The quantitative estimate of drug-likeness (QED) is 0.573. The fourth-order valence-electron chi connectivity index (χ4n) is 4.28. The normalized spacial score (nSPS) is 15.6. The number of hydrogen-bond acceptors (Lipinski definition) is 6. The van der Waals surface area contributed by atoms with Crippen molar-refractivity contribution in [3.8, 4) is 17.1 Å². The Balaban J connectivity index is 1.67. The van der Waals surface area contributed by atoms with Crippen LogP contribution in [-0.4, -0.2) is 46.7 Å². The summed E-state index contributed by atoms with van der Waals surface area (Å²) in [7, 11) is 0. The predicted octanol–water partition coefficient (Wildman–Crippen LogP) is 3.96. The third-order valence-electron chi connectivity index (χ3n) is 6.04. The zero-order valence-corrected chi connectivity index (χ0v) is 20.0. The van der Waals surface area contributed by atoms with Crippen LogP contribution in [0.15, 0.2) is 53.1 Å². The zero-order valence-electron chi connectivity index (χ0n) is 20.0. The van der Waals surface area contributed by atoms with E-state index < -0.39 is 5.97 Å². The number of aromatic nitrogens is 1. The molecule has 8 heteroatoms. The van der Waals surface area contributed by atoms with Crippen LogP contribution in [0.25, 0.3) is 11.3 Å². The van der Waals surface area contributed by atoms with E-state index in [1.807, 2.05) is 54.3 Å². The highest BCUT2D eigenvalue weighted by molar-refractivity contribution is 5.78. The van der Waals surface area contributed by atoms with E-state index in [2.05, 4.69) is 10.5 Å². The van der Waals surface area contributed by atoms with Gasteiger partial charge in [-0.15, -0.1) is 0 Å². The first-order chi connectivity index (χ1) is 17.0. The summed E-state index contributed by atoms with van der Waals surface area (Å²) < 4.78 is 11.7. The van der Waals surface area contributed by atoms with Crippen LogP contribution in [0.4, 0.5) is 0 Å². The van der Waals surface area contributed by atoms with Crippen molar-refractivity contribution in [2.24, 2.45) is 0 Å². The maximum Gasteiger partial charge on any atom is 0.307 e. The molecule has 1 aliphatic heterocycles. The van der Waals surface area contributed by atoms with Crippen LogP contribution in [0.2, 0.25) is 0 Å². The fourth-order valence-corrected chi connectivity index (χ4v) is 4.28. The van der Waals surface area contributed by atoms with Crippen molar-refractivity contribution in [3.63, 3.8) is 0 Å². The van der Waals surface area contributed by atoms with Gasteiger partial charge in [0, 0.05) is 36.3 Å². The summed E-state index contributed by atoms with van der Waals surface area (Å²) in [6.45, 7) is 4.13. The van der Waals surface area contributed by atoms with E-state index >= 15 is 0 Å². The monoisotopic (exact) mass is 477 g/mol. The number of carbonyl (C=O) groups is 2. The smallest absolute Gasteiger partial charge is 0.307 e. The Bertz CT molecular complexity index is 1160. The maximum atomic E-state index is 12.8. The molecule has 1 amide bonds. The van der Waals surface area contributed by atoms with Crippen LogP contribution in [0.3, 0.4) is 0 Å². The number of benzene rings is 2. The van der Waals surface area contributed by atoms with Gasteiger partial charge in [0.05, 0.1) is 25.3 Å². The molecule has 4 rings (SSSR count). The van der Waals surface area contributed by atoms with Gasteiger partial charge in [0.15, 0.2) is 5.76 Å². The molecule has 184 valence electrons. The number of nitrogens with zero attached hydrogens (tertiary/aromatic N) is 2. The van der Waals surface area contributed by atoms with E-state index in [4.69, 9.17) is 9.26 Å². The molecule has 0 aliphatic carbocycles. The molecule has 1 aliphatic rings. The third-order valence-corrected chi connectivity index (χ3v) is 6.04. The Kier molecular flexibility index (Phi) is 8.15. The van der Waals surface area contributed by atoms with Gasteiger partial charge >= 0.3 is 5.97 Å². The minimum Gasteiger partial charge on any atom is -0.493 e. The summed E-state index contributed by atoms with van der Waals surface area (Å²) in [4.78, 5) is 26.1. The number of rotatable bonds is 5. The van der Waals surface area contributed by atoms with Gasteiger partial charge in [0.1, 0.15) is 5.75 Å². The van der Waals surface area contributed by atoms with E-state index in [9.17, 15) is 14.7 Å². The molecule has 0 fully saturated rings. The first-order valence-electron chi connectivity index (χ1n) is 12.0. The molecule has 3 aromatic rings. The van der Waals surface area contributed by atoms with Gasteiger partial charge in [-0.1, -0.05) is 47.6 Å². The lowest BCUT2D eigenvalue weighted by Crippen LogP contribution is -2.37. The Morgan fingerprint density at radius 3 is 2.74 bits per heavy atom. The van der Waals surface area contributed by atoms with Crippen molar-refractivity contribution in [3.05, 3.63) is 70.9 Å². The summed E-state index contributed by atoms with van der Waals surface area (Å²) >= 11 is 0. The van der Waals surface area contributed by atoms with Crippen LogP contribution in [0.1, 0.15) is 41.6 Å². The van der Waals surface area contributed by atoms with Crippen LogP contribution < -0.4 is 10.1 Å². The molecular formula is C27H31N3O5. The summed E-state index contributed by atoms with van der Waals surface area (Å²) in [6.07, 6.45) is 2.66. The van der Waals surface area contributed by atoms with Gasteiger partial charge in [-0.25, -0.2) is 0 Å². The van der Waals surface area contributed by atoms with Crippen molar-refractivity contribution >= 4 is 11.9 Å². The molecule has 0 saturated heterocycles. The molecule has 0 saturated carbocycles. The number of fused-ring (bicyclic) bond motifs is 1. The molecule has 0 radical (unpaired) electrons. The lowest BCUT2D eigenvalue weighted by atomic mass is 10.0. The van der Waals surface area contributed by atoms with Gasteiger partial charge in [0.25, 0.3) is 0 Å². The lowest BCUT2D eigenvalue weighted by Gasteiger charge is -2.23. The molecule has 8 nitrogen and oxygen atoms in total. The molecule has 35 heavy (non-hydrogen) atoms. The number of hydrogen-bond donors (Lipinski definition) is 2. The fraction of sp³-hybridized carbons (Fsp3) is 0.370. The Morgan fingerprint density at radius 2 is 1.94 bits per heavy atom. The molecule has 2 heterocycles. The topological polar surface area (TPSA) is 105 Å². The average Bonchev–Trinajstić information content (AvgIpc) is 3.19. The first-order valence-corrected chi connectivity index (χ1v) is 12.0. The highest BCUT2D eigenvalue weighted by atomic mass is 16.5. The zero-order chi connectivity index (χ0) is 24.6. The molecule has 0 spiro atoms. The standard InChI is InChI=1S/C27H31N3O5/c1-19-23(27(35-29-19)21-8-4-2-5-9-21)17-30-16-22-14-20(15-26(32)33)10-11-24(22)34-13-7-3-6-12-28-25(31)18-30/h2,4-5,8-11,14H,3,6-7,12-13,15-18H2,1H3,(H,28,31)(H,32,33). The molecule has 0 atom stereocenters. The van der Waals surface area contributed by atoms with Crippen molar-refractivity contribution in [1.29, 1.82) is 0 Å². The predicted molar refractivity (Wildman–Crippen MR) is 131 cm³/mol. The molecule has 0 unspecified atom stereocenters. The van der Waals surface area contributed by atoms with Gasteiger partial charge in [-0.05, 0) is 37.8 Å². The number of carboxylic acid groups (broad SMARTS) is 1. The maximum absolute atomic E-state index is 12.8. The molecule has 2 aromatic carbocycles. The lowest BCUT2D eigenvalue weighted by molar-refractivity contribution is -0.136. The summed E-state index contributed by atoms with van der Waals surface area (Å²) in [5.74, 6) is 0.458. The number of carbonyl (C=O) groups excluding carboxylic acids is 1. The summed E-state index contributed by atoms with van der Waals surface area (Å²) in [5, 5.41) is 16.5. The van der Waals surface area contributed by atoms with Gasteiger partial charge in [-0.3, -0.25) is 14.5 Å². The minimum absolute atomic E-state index is 0.0521. The van der Waals surface area contributed by atoms with Gasteiger partial charge < -0.3 is 19.7 Å². The first kappa shape index (κ1) is 24.5. The minimum atomic E-state index is -0.889.